The number of carbonyl (C=O) groups is 1. The molecule has 2 N–H and O–H groups in total. The summed E-state index contributed by atoms with van der Waals surface area (Å²) in [6.45, 7) is 6.59. The van der Waals surface area contributed by atoms with Gasteiger partial charge < -0.3 is 5.11 Å². The smallest absolute Gasteiger partial charge is 0.325 e. The Bertz CT molecular complexity index is 605. The van der Waals surface area contributed by atoms with Gasteiger partial charge in [-0.25, -0.2) is 0 Å². The minimum absolute atomic E-state index is 0.570. The second-order valence-corrected chi connectivity index (χ2v) is 6.06. The molecule has 0 aliphatic rings. The van der Waals surface area contributed by atoms with Gasteiger partial charge in [0, 0.05) is 11.4 Å². The van der Waals surface area contributed by atoms with Crippen LogP contribution in [0.3, 0.4) is 0 Å². The summed E-state index contributed by atoms with van der Waals surface area (Å²) in [5.41, 5.74) is 4.17. The highest BCUT2D eigenvalue weighted by atomic mass is 32.1. The molecule has 1 atom stereocenters. The zero-order valence-corrected chi connectivity index (χ0v) is 12.8. The van der Waals surface area contributed by atoms with Crippen molar-refractivity contribution in [3.8, 4) is 0 Å². The SMILES string of the molecule is Cc1cc(C)c(C(NCc2cccs2)C(=O)O)cc1C. The van der Waals surface area contributed by atoms with Crippen LogP contribution >= 0.6 is 11.3 Å². The van der Waals surface area contributed by atoms with E-state index in [0.29, 0.717) is 6.54 Å². The second kappa shape index (κ2) is 6.20. The summed E-state index contributed by atoms with van der Waals surface area (Å²) in [5.74, 6) is -0.840. The van der Waals surface area contributed by atoms with Gasteiger partial charge in [-0.1, -0.05) is 18.2 Å². The Morgan fingerprint density at radius 3 is 2.55 bits per heavy atom. The van der Waals surface area contributed by atoms with Crippen LogP contribution in [-0.2, 0) is 11.3 Å². The Morgan fingerprint density at radius 1 is 1.25 bits per heavy atom. The lowest BCUT2D eigenvalue weighted by atomic mass is 9.95. The lowest BCUT2D eigenvalue weighted by Crippen LogP contribution is -2.28. The molecular formula is C16H19NO2S. The van der Waals surface area contributed by atoms with Crippen LogP contribution in [0, 0.1) is 20.8 Å². The summed E-state index contributed by atoms with van der Waals surface area (Å²) in [6, 6.07) is 7.33. The van der Waals surface area contributed by atoms with E-state index in [9.17, 15) is 9.90 Å². The molecule has 0 radical (unpaired) electrons. The standard InChI is InChI=1S/C16H19NO2S/c1-10-7-12(3)14(8-11(10)2)15(16(18)19)17-9-13-5-4-6-20-13/h4-8,15,17H,9H2,1-3H3,(H,18,19). The van der Waals surface area contributed by atoms with Gasteiger partial charge >= 0.3 is 5.97 Å². The number of hydrogen-bond acceptors (Lipinski definition) is 3. The van der Waals surface area contributed by atoms with Crippen molar-refractivity contribution in [3.05, 3.63) is 56.8 Å². The van der Waals surface area contributed by atoms with Crippen molar-refractivity contribution in [2.24, 2.45) is 0 Å². The zero-order valence-electron chi connectivity index (χ0n) is 11.9. The summed E-state index contributed by atoms with van der Waals surface area (Å²) in [7, 11) is 0. The maximum absolute atomic E-state index is 11.5. The van der Waals surface area contributed by atoms with Crippen LogP contribution in [0.1, 0.15) is 33.2 Å². The molecule has 106 valence electrons. The zero-order chi connectivity index (χ0) is 14.7. The van der Waals surface area contributed by atoms with E-state index in [1.807, 2.05) is 50.4 Å². The summed E-state index contributed by atoms with van der Waals surface area (Å²) in [6.07, 6.45) is 0. The van der Waals surface area contributed by atoms with Crippen LogP contribution in [0.15, 0.2) is 29.6 Å². The van der Waals surface area contributed by atoms with E-state index in [1.165, 1.54) is 5.56 Å². The molecule has 1 heterocycles. The lowest BCUT2D eigenvalue weighted by molar-refractivity contribution is -0.139. The maximum Gasteiger partial charge on any atom is 0.325 e. The number of aryl methyl sites for hydroxylation is 3. The molecule has 0 amide bonds. The van der Waals surface area contributed by atoms with Crippen molar-refractivity contribution in [2.75, 3.05) is 0 Å². The highest BCUT2D eigenvalue weighted by Crippen LogP contribution is 2.23. The molecule has 3 nitrogen and oxygen atoms in total. The number of carboxylic acids is 1. The third-order valence-corrected chi connectivity index (χ3v) is 4.38. The van der Waals surface area contributed by atoms with Gasteiger partial charge in [0.15, 0.2) is 0 Å². The monoisotopic (exact) mass is 289 g/mol. The Balaban J connectivity index is 2.24. The average Bonchev–Trinajstić information content (AvgIpc) is 2.88. The fraction of sp³-hybridized carbons (Fsp3) is 0.312. The lowest BCUT2D eigenvalue weighted by Gasteiger charge is -2.18. The molecule has 0 bridgehead atoms. The maximum atomic E-state index is 11.5. The minimum Gasteiger partial charge on any atom is -0.480 e. The molecule has 0 aliphatic heterocycles. The van der Waals surface area contributed by atoms with E-state index < -0.39 is 12.0 Å². The van der Waals surface area contributed by atoms with Crippen LogP contribution in [0.4, 0.5) is 0 Å². The first-order valence-electron chi connectivity index (χ1n) is 6.55. The van der Waals surface area contributed by atoms with Crippen molar-refractivity contribution in [3.63, 3.8) is 0 Å². The van der Waals surface area contributed by atoms with Gasteiger partial charge in [0.2, 0.25) is 0 Å². The van der Waals surface area contributed by atoms with Crippen molar-refractivity contribution in [2.45, 2.75) is 33.4 Å². The molecule has 0 fully saturated rings. The van der Waals surface area contributed by atoms with Crippen LogP contribution in [0.25, 0.3) is 0 Å². The normalized spacial score (nSPS) is 12.3. The van der Waals surface area contributed by atoms with Crippen LogP contribution in [0.5, 0.6) is 0 Å². The number of thiophene rings is 1. The van der Waals surface area contributed by atoms with E-state index >= 15 is 0 Å². The average molecular weight is 289 g/mol. The van der Waals surface area contributed by atoms with Gasteiger partial charge in [0.1, 0.15) is 6.04 Å². The van der Waals surface area contributed by atoms with E-state index in [2.05, 4.69) is 5.32 Å². The largest absolute Gasteiger partial charge is 0.480 e. The van der Waals surface area contributed by atoms with E-state index in [-0.39, 0.29) is 0 Å². The van der Waals surface area contributed by atoms with Gasteiger partial charge in [-0.2, -0.15) is 0 Å². The predicted octanol–water partition coefficient (Wildman–Crippen LogP) is 3.59. The molecule has 2 rings (SSSR count). The first-order chi connectivity index (χ1) is 9.49. The number of carboxylic acid groups (broad SMARTS) is 1. The van der Waals surface area contributed by atoms with Crippen LogP contribution in [-0.4, -0.2) is 11.1 Å². The first-order valence-corrected chi connectivity index (χ1v) is 7.43. The molecular weight excluding hydrogens is 270 g/mol. The second-order valence-electron chi connectivity index (χ2n) is 5.02. The van der Waals surface area contributed by atoms with Crippen molar-refractivity contribution in [1.29, 1.82) is 0 Å². The number of nitrogens with one attached hydrogen (secondary N) is 1. The number of aliphatic carboxylic acids is 1. The quantitative estimate of drug-likeness (QED) is 0.884. The topological polar surface area (TPSA) is 49.3 Å². The van der Waals surface area contributed by atoms with Gasteiger partial charge in [-0.3, -0.25) is 10.1 Å². The highest BCUT2D eigenvalue weighted by Gasteiger charge is 2.21. The minimum atomic E-state index is -0.840. The van der Waals surface area contributed by atoms with Crippen molar-refractivity contribution < 1.29 is 9.90 Å². The van der Waals surface area contributed by atoms with E-state index in [1.54, 1.807) is 11.3 Å². The fourth-order valence-corrected chi connectivity index (χ4v) is 2.90. The van der Waals surface area contributed by atoms with Crippen LogP contribution in [0.2, 0.25) is 0 Å². The molecule has 20 heavy (non-hydrogen) atoms. The molecule has 0 aliphatic carbocycles. The molecule has 2 aromatic rings. The molecule has 1 aromatic heterocycles. The summed E-state index contributed by atoms with van der Waals surface area (Å²) >= 11 is 1.63. The Kier molecular flexibility index (Phi) is 4.57. The number of rotatable bonds is 5. The molecule has 0 saturated carbocycles. The Labute approximate surface area is 123 Å². The summed E-state index contributed by atoms with van der Waals surface area (Å²) in [5, 5.41) is 14.6. The summed E-state index contributed by atoms with van der Waals surface area (Å²) < 4.78 is 0. The third-order valence-electron chi connectivity index (χ3n) is 3.50. The Hall–Kier alpha value is -1.65. The Morgan fingerprint density at radius 2 is 1.95 bits per heavy atom. The predicted molar refractivity (Wildman–Crippen MR) is 82.2 cm³/mol. The van der Waals surface area contributed by atoms with Crippen LogP contribution < -0.4 is 5.32 Å². The summed E-state index contributed by atoms with van der Waals surface area (Å²) in [4.78, 5) is 12.7. The fourth-order valence-electron chi connectivity index (χ4n) is 2.24. The number of hydrogen-bond donors (Lipinski definition) is 2. The first kappa shape index (κ1) is 14.8. The number of benzene rings is 1. The molecule has 1 aromatic carbocycles. The highest BCUT2D eigenvalue weighted by molar-refractivity contribution is 7.09. The van der Waals surface area contributed by atoms with Gasteiger partial charge in [0.25, 0.3) is 0 Å². The van der Waals surface area contributed by atoms with Gasteiger partial charge in [0.05, 0.1) is 0 Å². The molecule has 1 unspecified atom stereocenters. The van der Waals surface area contributed by atoms with Gasteiger partial charge in [-0.15, -0.1) is 11.3 Å². The van der Waals surface area contributed by atoms with E-state index in [0.717, 1.165) is 21.6 Å². The third kappa shape index (κ3) is 3.26. The van der Waals surface area contributed by atoms with Crippen molar-refractivity contribution in [1.82, 2.24) is 5.32 Å². The van der Waals surface area contributed by atoms with Gasteiger partial charge in [-0.05, 0) is 54.5 Å². The molecule has 0 saturated heterocycles. The van der Waals surface area contributed by atoms with Crippen molar-refractivity contribution >= 4 is 17.3 Å². The van der Waals surface area contributed by atoms with E-state index in [4.69, 9.17) is 0 Å². The molecule has 0 spiro atoms. The molecule has 4 heteroatoms.